The summed E-state index contributed by atoms with van der Waals surface area (Å²) in [5.41, 5.74) is 0. The number of carbonyl (C=O) groups excluding carboxylic acids is 2. The molecule has 1 aliphatic rings. The predicted octanol–water partition coefficient (Wildman–Crippen LogP) is 11.5. The first-order valence-corrected chi connectivity index (χ1v) is 27.3. The van der Waals surface area contributed by atoms with Crippen LogP contribution in [-0.2, 0) is 38.7 Å². The molecule has 6 unspecified atom stereocenters. The Morgan fingerprint density at radius 3 is 1.45 bits per heavy atom. The second kappa shape index (κ2) is 41.8. The van der Waals surface area contributed by atoms with E-state index in [1.807, 2.05) is 0 Å². The highest BCUT2D eigenvalue weighted by atomic mass is 32.2. The van der Waals surface area contributed by atoms with Crippen LogP contribution in [0, 0.1) is 0 Å². The van der Waals surface area contributed by atoms with Gasteiger partial charge in [-0.1, -0.05) is 197 Å². The number of hydrogen-bond acceptors (Lipinski definition) is 11. The van der Waals surface area contributed by atoms with Gasteiger partial charge in [0, 0.05) is 12.8 Å². The summed E-state index contributed by atoms with van der Waals surface area (Å²) in [5, 5.41) is 31.0. The van der Waals surface area contributed by atoms with Gasteiger partial charge in [0.2, 0.25) is 0 Å². The zero-order valence-electron chi connectivity index (χ0n) is 40.6. The van der Waals surface area contributed by atoms with E-state index in [0.717, 1.165) is 77.0 Å². The van der Waals surface area contributed by atoms with Crippen LogP contribution in [0.2, 0.25) is 0 Å². The lowest BCUT2D eigenvalue weighted by molar-refractivity contribution is -0.297. The Bertz CT molecular complexity index is 1380. The Labute approximate surface area is 394 Å². The Morgan fingerprint density at radius 1 is 0.538 bits per heavy atom. The number of carbonyl (C=O) groups is 2. The zero-order valence-corrected chi connectivity index (χ0v) is 41.4. The quantitative estimate of drug-likeness (QED) is 0.0196. The van der Waals surface area contributed by atoms with E-state index in [4.69, 9.17) is 18.9 Å². The molecule has 0 aromatic heterocycles. The molecular formula is C52H92O12S. The van der Waals surface area contributed by atoms with Crippen LogP contribution in [0.3, 0.4) is 0 Å². The molecule has 0 saturated carbocycles. The molecule has 1 heterocycles. The normalized spacial score (nSPS) is 19.9. The maximum absolute atomic E-state index is 12.9. The first-order chi connectivity index (χ1) is 31.5. The number of esters is 2. The van der Waals surface area contributed by atoms with Crippen molar-refractivity contribution >= 4 is 22.1 Å². The van der Waals surface area contributed by atoms with Crippen LogP contribution in [0.1, 0.15) is 213 Å². The van der Waals surface area contributed by atoms with E-state index in [-0.39, 0.29) is 19.4 Å². The molecule has 0 aromatic rings. The van der Waals surface area contributed by atoms with E-state index in [9.17, 15) is 37.9 Å². The summed E-state index contributed by atoms with van der Waals surface area (Å²) in [6.45, 7) is 3.67. The van der Waals surface area contributed by atoms with E-state index in [2.05, 4.69) is 62.5 Å². The van der Waals surface area contributed by atoms with Crippen LogP contribution in [0.5, 0.6) is 0 Å². The number of aliphatic hydroxyl groups is 3. The standard InChI is InChI=1S/C52H92O12S/c1-3-5-7-9-11-13-15-17-19-21-22-23-24-25-27-29-31-33-35-37-39-41-48(54)63-45(43-62-52-51(57)50(56)49(55)46(64-52)44-65(58,59)60)42-61-47(53)40-38-36-34-32-30-28-26-20-18-16-14-12-10-8-6-4-2/h5,7,11,13,17,19,22-23,45-46,49-52,55-57H,3-4,6,8-10,12,14-16,18,20-21,24-44H2,1-2H3,(H,58,59,60)/b7-5-,13-11-,19-17-,23-22-. The highest BCUT2D eigenvalue weighted by Gasteiger charge is 2.46. The molecule has 0 aromatic carbocycles. The monoisotopic (exact) mass is 941 g/mol. The summed E-state index contributed by atoms with van der Waals surface area (Å²) in [6.07, 6.45) is 41.4. The second-order valence-electron chi connectivity index (χ2n) is 17.8. The van der Waals surface area contributed by atoms with Crippen molar-refractivity contribution in [2.24, 2.45) is 0 Å². The van der Waals surface area contributed by atoms with Crippen molar-refractivity contribution in [3.63, 3.8) is 0 Å². The molecule has 0 radical (unpaired) electrons. The lowest BCUT2D eigenvalue weighted by Gasteiger charge is -2.40. The number of allylic oxidation sites excluding steroid dienone is 8. The highest BCUT2D eigenvalue weighted by molar-refractivity contribution is 7.85. The molecule has 0 bridgehead atoms. The fourth-order valence-corrected chi connectivity index (χ4v) is 8.42. The van der Waals surface area contributed by atoms with Crippen LogP contribution in [0.4, 0.5) is 0 Å². The Hall–Kier alpha value is -2.39. The fraction of sp³-hybridized carbons (Fsp3) is 0.808. The molecule has 65 heavy (non-hydrogen) atoms. The number of hydrogen-bond donors (Lipinski definition) is 4. The van der Waals surface area contributed by atoms with Gasteiger partial charge in [0.05, 0.1) is 6.61 Å². The number of aliphatic hydroxyl groups excluding tert-OH is 3. The van der Waals surface area contributed by atoms with Crippen molar-refractivity contribution < 1.29 is 56.8 Å². The lowest BCUT2D eigenvalue weighted by atomic mass is 10.00. The Kier molecular flexibility index (Phi) is 39.0. The van der Waals surface area contributed by atoms with E-state index in [1.54, 1.807) is 0 Å². The van der Waals surface area contributed by atoms with E-state index in [1.165, 1.54) is 96.3 Å². The molecule has 6 atom stereocenters. The van der Waals surface area contributed by atoms with E-state index >= 15 is 0 Å². The molecule has 0 amide bonds. The highest BCUT2D eigenvalue weighted by Crippen LogP contribution is 2.24. The molecule has 1 aliphatic heterocycles. The molecule has 1 fully saturated rings. The number of ether oxygens (including phenoxy) is 4. The molecule has 13 heteroatoms. The molecule has 4 N–H and O–H groups in total. The maximum atomic E-state index is 12.9. The minimum absolute atomic E-state index is 0.155. The van der Waals surface area contributed by atoms with Gasteiger partial charge in [-0.05, 0) is 51.4 Å². The van der Waals surface area contributed by atoms with Gasteiger partial charge in [-0.2, -0.15) is 8.42 Å². The fourth-order valence-electron chi connectivity index (χ4n) is 7.73. The van der Waals surface area contributed by atoms with Gasteiger partial charge in [0.25, 0.3) is 10.1 Å². The molecule has 0 aliphatic carbocycles. The summed E-state index contributed by atoms with van der Waals surface area (Å²) in [4.78, 5) is 25.5. The van der Waals surface area contributed by atoms with Crippen molar-refractivity contribution in [1.29, 1.82) is 0 Å². The molecular weight excluding hydrogens is 849 g/mol. The van der Waals surface area contributed by atoms with Crippen molar-refractivity contribution in [3.8, 4) is 0 Å². The van der Waals surface area contributed by atoms with Gasteiger partial charge < -0.3 is 34.3 Å². The smallest absolute Gasteiger partial charge is 0.306 e. The van der Waals surface area contributed by atoms with Crippen LogP contribution >= 0.6 is 0 Å². The van der Waals surface area contributed by atoms with E-state index in [0.29, 0.717) is 12.8 Å². The summed E-state index contributed by atoms with van der Waals surface area (Å²) >= 11 is 0. The van der Waals surface area contributed by atoms with Gasteiger partial charge >= 0.3 is 11.9 Å². The van der Waals surface area contributed by atoms with Crippen LogP contribution < -0.4 is 0 Å². The molecule has 378 valence electrons. The summed E-state index contributed by atoms with van der Waals surface area (Å²) < 4.78 is 54.2. The van der Waals surface area contributed by atoms with Gasteiger partial charge in [-0.25, -0.2) is 0 Å². The number of rotatable bonds is 43. The zero-order chi connectivity index (χ0) is 47.6. The van der Waals surface area contributed by atoms with Crippen LogP contribution in [0.15, 0.2) is 48.6 Å². The van der Waals surface area contributed by atoms with E-state index < -0.39 is 71.2 Å². The first kappa shape index (κ1) is 60.6. The van der Waals surface area contributed by atoms with Crippen molar-refractivity contribution in [1.82, 2.24) is 0 Å². The minimum Gasteiger partial charge on any atom is -0.462 e. The van der Waals surface area contributed by atoms with Crippen molar-refractivity contribution in [3.05, 3.63) is 48.6 Å². The molecule has 1 rings (SSSR count). The molecule has 1 saturated heterocycles. The first-order valence-electron chi connectivity index (χ1n) is 25.7. The topological polar surface area (TPSA) is 186 Å². The minimum atomic E-state index is -4.61. The average molecular weight is 941 g/mol. The third-order valence-corrected chi connectivity index (χ3v) is 12.4. The lowest BCUT2D eigenvalue weighted by Crippen LogP contribution is -2.60. The van der Waals surface area contributed by atoms with Crippen LogP contribution in [0.25, 0.3) is 0 Å². The van der Waals surface area contributed by atoms with Crippen molar-refractivity contribution in [2.75, 3.05) is 19.0 Å². The largest absolute Gasteiger partial charge is 0.462 e. The van der Waals surface area contributed by atoms with Gasteiger partial charge in [0.15, 0.2) is 12.4 Å². The summed E-state index contributed by atoms with van der Waals surface area (Å²) in [7, 11) is -4.61. The van der Waals surface area contributed by atoms with Gasteiger partial charge in [0.1, 0.15) is 36.8 Å². The predicted molar refractivity (Wildman–Crippen MR) is 261 cm³/mol. The van der Waals surface area contributed by atoms with Crippen LogP contribution in [-0.4, -0.2) is 96.0 Å². The van der Waals surface area contributed by atoms with Gasteiger partial charge in [-0.3, -0.25) is 14.1 Å². The second-order valence-corrected chi connectivity index (χ2v) is 19.3. The maximum Gasteiger partial charge on any atom is 0.306 e. The third kappa shape index (κ3) is 36.3. The number of unbranched alkanes of at least 4 members (excludes halogenated alkanes) is 23. The summed E-state index contributed by atoms with van der Waals surface area (Å²) in [5.74, 6) is -1.99. The Balaban J connectivity index is 2.38. The Morgan fingerprint density at radius 2 is 0.969 bits per heavy atom. The summed E-state index contributed by atoms with van der Waals surface area (Å²) in [6, 6.07) is 0. The molecule has 0 spiro atoms. The van der Waals surface area contributed by atoms with Gasteiger partial charge in [-0.15, -0.1) is 0 Å². The average Bonchev–Trinajstić information content (AvgIpc) is 3.27. The van der Waals surface area contributed by atoms with Crippen molar-refractivity contribution in [2.45, 2.75) is 250 Å². The third-order valence-electron chi connectivity index (χ3n) is 11.7. The molecule has 12 nitrogen and oxygen atoms in total. The SMILES string of the molecule is CC/C=C\C/C=C\C/C=C\C/C=C\CCCCCCCCCCC(=O)OC(COC(=O)CCCCCCCCCCCCCCCCCC)COC1OC(CS(=O)(=O)O)C(O)C(O)C1O.